The topological polar surface area (TPSA) is 175 Å². The number of ether oxygens (including phenoxy) is 6. The molecule has 72 heavy (non-hydrogen) atoms. The number of benzene rings is 4. The monoisotopic (exact) mass is 1010 g/mol. The van der Waals surface area contributed by atoms with E-state index in [1.165, 1.54) is 16.0 Å². The first-order chi connectivity index (χ1) is 35.3. The zero-order valence-electron chi connectivity index (χ0n) is 40.9. The van der Waals surface area contributed by atoms with Crippen molar-refractivity contribution in [1.29, 1.82) is 0 Å². The number of alkyl halides is 1. The van der Waals surface area contributed by atoms with Gasteiger partial charge in [0.15, 0.2) is 0 Å². The molecule has 0 radical (unpaired) electrons. The number of anilines is 1. The van der Waals surface area contributed by atoms with Gasteiger partial charge in [-0.2, -0.15) is 0 Å². The highest BCUT2D eigenvalue weighted by Gasteiger charge is 2.40. The summed E-state index contributed by atoms with van der Waals surface area (Å²) in [5, 5.41) is 5.15. The Morgan fingerprint density at radius 2 is 1.21 bits per heavy atom. The number of carbonyl (C=O) groups is 5. The Labute approximate surface area is 426 Å². The zero-order chi connectivity index (χ0) is 50.3. The normalized spacial score (nSPS) is 16.3. The number of piperidine rings is 1. The number of amides is 5. The van der Waals surface area contributed by atoms with Crippen molar-refractivity contribution in [2.45, 2.75) is 44.7 Å². The van der Waals surface area contributed by atoms with Crippen LogP contribution in [0.2, 0.25) is 0 Å². The van der Waals surface area contributed by atoms with E-state index in [-0.39, 0.29) is 56.0 Å². The van der Waals surface area contributed by atoms with Crippen molar-refractivity contribution >= 4 is 58.0 Å². The van der Waals surface area contributed by atoms with Crippen molar-refractivity contribution in [2.75, 3.05) is 117 Å². The molecule has 0 spiro atoms. The Kier molecular flexibility index (Phi) is 21.6. The molecule has 0 aliphatic carbocycles. The Balaban J connectivity index is 0.656. The fraction of sp³-hybridized carbons (Fsp3) is 0.436. The van der Waals surface area contributed by atoms with Crippen LogP contribution in [0.25, 0.3) is 11.1 Å². The number of hydrogen-bond donors (Lipinski definition) is 2. The van der Waals surface area contributed by atoms with Crippen molar-refractivity contribution < 1.29 is 52.4 Å². The van der Waals surface area contributed by atoms with E-state index in [1.54, 1.807) is 18.2 Å². The molecule has 2 saturated heterocycles. The SMILES string of the molecule is O=C1CCC(N2Cc3c(NC(=O)CCOCCOCCOCCOCCOCCC(=O)N4CCN(CCOc5ccc(/C(=C(/CCCl)c6ccccc6)c6ccccc6)cc5)CC4)cccc3C2=O)C(=O)N1. The summed E-state index contributed by atoms with van der Waals surface area (Å²) in [6.45, 7) is 8.04. The van der Waals surface area contributed by atoms with Crippen LogP contribution in [0.15, 0.2) is 103 Å². The number of nitrogens with zero attached hydrogens (tertiary/aromatic N) is 3. The summed E-state index contributed by atoms with van der Waals surface area (Å²) >= 11 is 6.33. The average Bonchev–Trinajstić information content (AvgIpc) is 3.74. The lowest BCUT2D eigenvalue weighted by Gasteiger charge is -2.34. The lowest BCUT2D eigenvalue weighted by Crippen LogP contribution is -2.52. The highest BCUT2D eigenvalue weighted by atomic mass is 35.5. The standard InChI is InChI=1S/C55H66ClN5O11/c56-23-20-45(41-8-3-1-4-9-41)53(42-10-5-2-6-11-42)43-14-16-44(17-15-43)72-31-28-59-24-26-60(27-25-59)52(64)22-30-68-33-35-70-37-39-71-38-36-69-34-32-67-29-21-51(63)57-48-13-7-12-46-47(48)40-61(55(46)66)49-18-19-50(62)58-54(49)65/h1-17,49H,18-40H2,(H,57,63)(H,58,62,65)/b53-45-. The van der Waals surface area contributed by atoms with Crippen LogP contribution in [0.3, 0.4) is 0 Å². The maximum absolute atomic E-state index is 13.0. The van der Waals surface area contributed by atoms with Crippen molar-refractivity contribution in [2.24, 2.45) is 0 Å². The van der Waals surface area contributed by atoms with E-state index in [9.17, 15) is 24.0 Å². The van der Waals surface area contributed by atoms with Crippen LogP contribution in [0, 0.1) is 0 Å². The van der Waals surface area contributed by atoms with E-state index in [0.717, 1.165) is 48.5 Å². The van der Waals surface area contributed by atoms with Crippen molar-refractivity contribution in [3.05, 3.63) is 131 Å². The van der Waals surface area contributed by atoms with Gasteiger partial charge in [-0.05, 0) is 64.9 Å². The summed E-state index contributed by atoms with van der Waals surface area (Å²) in [6, 6.07) is 33.5. The number of halogens is 1. The fourth-order valence-electron chi connectivity index (χ4n) is 8.88. The Hall–Kier alpha value is -5.98. The number of fused-ring (bicyclic) bond motifs is 1. The van der Waals surface area contributed by atoms with Crippen molar-refractivity contribution in [3.63, 3.8) is 0 Å². The lowest BCUT2D eigenvalue weighted by atomic mass is 9.88. The van der Waals surface area contributed by atoms with Gasteiger partial charge in [0, 0.05) is 68.4 Å². The van der Waals surface area contributed by atoms with Crippen LogP contribution in [-0.4, -0.2) is 162 Å². The summed E-state index contributed by atoms with van der Waals surface area (Å²) in [6.07, 6.45) is 1.62. The number of imide groups is 1. The molecule has 1 atom stereocenters. The van der Waals surface area contributed by atoms with E-state index in [2.05, 4.69) is 76.2 Å². The van der Waals surface area contributed by atoms with Gasteiger partial charge in [-0.1, -0.05) is 78.9 Å². The minimum atomic E-state index is -0.728. The van der Waals surface area contributed by atoms with Crippen LogP contribution >= 0.6 is 11.6 Å². The molecule has 0 saturated carbocycles. The third-order valence-corrected chi connectivity index (χ3v) is 12.8. The molecule has 7 rings (SSSR count). The largest absolute Gasteiger partial charge is 0.492 e. The van der Waals surface area contributed by atoms with Crippen LogP contribution in [0.1, 0.15) is 64.7 Å². The lowest BCUT2D eigenvalue weighted by molar-refractivity contribution is -0.137. The van der Waals surface area contributed by atoms with Crippen molar-refractivity contribution in [3.8, 4) is 5.75 Å². The van der Waals surface area contributed by atoms with E-state index < -0.39 is 11.9 Å². The molecule has 0 bridgehead atoms. The first-order valence-corrected chi connectivity index (χ1v) is 25.4. The van der Waals surface area contributed by atoms with Gasteiger partial charge < -0.3 is 43.5 Å². The molecule has 384 valence electrons. The molecule has 16 nitrogen and oxygen atoms in total. The molecule has 2 fully saturated rings. The molecular weight excluding hydrogens is 942 g/mol. The summed E-state index contributed by atoms with van der Waals surface area (Å²) in [5.74, 6) is 0.0397. The summed E-state index contributed by atoms with van der Waals surface area (Å²) in [7, 11) is 0. The van der Waals surface area contributed by atoms with E-state index >= 15 is 0 Å². The van der Waals surface area contributed by atoms with Gasteiger partial charge in [-0.3, -0.25) is 34.2 Å². The highest BCUT2D eigenvalue weighted by molar-refractivity contribution is 6.18. The Morgan fingerprint density at radius 1 is 0.625 bits per heavy atom. The van der Waals surface area contributed by atoms with Gasteiger partial charge >= 0.3 is 0 Å². The average molecular weight is 1010 g/mol. The van der Waals surface area contributed by atoms with Crippen LogP contribution < -0.4 is 15.4 Å². The molecule has 5 amide bonds. The molecule has 4 aromatic carbocycles. The number of rotatable bonds is 29. The molecule has 2 N–H and O–H groups in total. The fourth-order valence-corrected chi connectivity index (χ4v) is 9.07. The summed E-state index contributed by atoms with van der Waals surface area (Å²) in [4.78, 5) is 68.1. The molecule has 3 heterocycles. The number of carbonyl (C=O) groups excluding carboxylic acids is 5. The van der Waals surface area contributed by atoms with E-state index in [0.29, 0.717) is 108 Å². The summed E-state index contributed by atoms with van der Waals surface area (Å²) in [5.41, 5.74) is 7.38. The zero-order valence-corrected chi connectivity index (χ0v) is 41.6. The predicted octanol–water partition coefficient (Wildman–Crippen LogP) is 6.06. The third-order valence-electron chi connectivity index (χ3n) is 12.7. The van der Waals surface area contributed by atoms with Gasteiger partial charge in [0.05, 0.1) is 78.9 Å². The third kappa shape index (κ3) is 16.0. The van der Waals surface area contributed by atoms with Gasteiger partial charge in [-0.25, -0.2) is 0 Å². The van der Waals surface area contributed by atoms with Gasteiger partial charge in [0.2, 0.25) is 23.6 Å². The number of allylic oxidation sites excluding steroid dienone is 1. The van der Waals surface area contributed by atoms with Crippen LogP contribution in [0.4, 0.5) is 5.69 Å². The molecule has 3 aliphatic rings. The molecule has 17 heteroatoms. The molecular formula is C55H66ClN5O11. The molecule has 3 aliphatic heterocycles. The first-order valence-electron chi connectivity index (χ1n) is 24.9. The van der Waals surface area contributed by atoms with E-state index in [4.69, 9.17) is 40.0 Å². The van der Waals surface area contributed by atoms with Crippen LogP contribution in [-0.2, 0) is 49.4 Å². The molecule has 0 aromatic heterocycles. The molecule has 1 unspecified atom stereocenters. The van der Waals surface area contributed by atoms with Gasteiger partial charge in [0.1, 0.15) is 18.4 Å². The minimum Gasteiger partial charge on any atom is -0.492 e. The first kappa shape index (κ1) is 53.8. The smallest absolute Gasteiger partial charge is 0.255 e. The highest BCUT2D eigenvalue weighted by Crippen LogP contribution is 2.36. The Morgan fingerprint density at radius 3 is 1.82 bits per heavy atom. The molecule has 4 aromatic rings. The van der Waals surface area contributed by atoms with Gasteiger partial charge in [-0.15, -0.1) is 11.6 Å². The number of hydrogen-bond acceptors (Lipinski definition) is 12. The second-order valence-electron chi connectivity index (χ2n) is 17.5. The minimum absolute atomic E-state index is 0.0951. The number of piperazine rings is 1. The Bertz CT molecular complexity index is 2420. The van der Waals surface area contributed by atoms with Crippen LogP contribution in [0.5, 0.6) is 5.75 Å². The quantitative estimate of drug-likeness (QED) is 0.0279. The van der Waals surface area contributed by atoms with E-state index in [1.807, 2.05) is 29.2 Å². The maximum atomic E-state index is 13.0. The predicted molar refractivity (Wildman–Crippen MR) is 274 cm³/mol. The van der Waals surface area contributed by atoms with Crippen molar-refractivity contribution in [1.82, 2.24) is 20.0 Å². The maximum Gasteiger partial charge on any atom is 0.255 e. The second-order valence-corrected chi connectivity index (χ2v) is 17.8. The number of nitrogens with one attached hydrogen (secondary N) is 2. The van der Waals surface area contributed by atoms with Gasteiger partial charge in [0.25, 0.3) is 5.91 Å². The second kappa shape index (κ2) is 28.9. The summed E-state index contributed by atoms with van der Waals surface area (Å²) < 4.78 is 34.0.